The van der Waals surface area contributed by atoms with Crippen molar-refractivity contribution in [2.45, 2.75) is 19.8 Å². The Kier molecular flexibility index (Phi) is 1.82. The Morgan fingerprint density at radius 3 is 3.00 bits per heavy atom. The van der Waals surface area contributed by atoms with E-state index in [1.165, 1.54) is 0 Å². The number of nitrogens with one attached hydrogen (secondary N) is 1. The van der Waals surface area contributed by atoms with Gasteiger partial charge in [-0.05, 0) is 0 Å². The van der Waals surface area contributed by atoms with E-state index in [0.717, 1.165) is 18.8 Å². The lowest BCUT2D eigenvalue weighted by Crippen LogP contribution is -2.30. The van der Waals surface area contributed by atoms with E-state index in [1.807, 2.05) is 6.92 Å². The van der Waals surface area contributed by atoms with Crippen LogP contribution in [0.1, 0.15) is 19.8 Å². The summed E-state index contributed by atoms with van der Waals surface area (Å²) < 4.78 is 0. The van der Waals surface area contributed by atoms with Crippen molar-refractivity contribution in [3.8, 4) is 0 Å². The van der Waals surface area contributed by atoms with Crippen LogP contribution in [0.5, 0.6) is 0 Å². The van der Waals surface area contributed by atoms with Crippen molar-refractivity contribution in [2.24, 2.45) is 4.99 Å². The number of nitrogens with zero attached hydrogens (tertiary/aromatic N) is 1. The van der Waals surface area contributed by atoms with Crippen molar-refractivity contribution >= 4 is 11.7 Å². The van der Waals surface area contributed by atoms with Crippen LogP contribution in [0.3, 0.4) is 0 Å². The van der Waals surface area contributed by atoms with Crippen molar-refractivity contribution in [3.63, 3.8) is 0 Å². The maximum absolute atomic E-state index is 10.6. The molecule has 0 radical (unpaired) electrons. The molecule has 0 aliphatic carbocycles. The molecule has 1 rings (SSSR count). The van der Waals surface area contributed by atoms with Gasteiger partial charge in [0.15, 0.2) is 0 Å². The van der Waals surface area contributed by atoms with E-state index in [4.69, 9.17) is 0 Å². The van der Waals surface area contributed by atoms with Gasteiger partial charge >= 0.3 is 0 Å². The fraction of sp³-hybridized carbons (Fsp3) is 0.667. The third kappa shape index (κ3) is 1.52. The Hall–Kier alpha value is -0.860. The van der Waals surface area contributed by atoms with Gasteiger partial charge in [-0.2, -0.15) is 0 Å². The van der Waals surface area contributed by atoms with Crippen molar-refractivity contribution < 1.29 is 4.79 Å². The van der Waals surface area contributed by atoms with Gasteiger partial charge in [-0.1, -0.05) is 6.92 Å². The molecule has 0 saturated carbocycles. The molecular weight excluding hydrogens is 116 g/mol. The van der Waals surface area contributed by atoms with E-state index in [2.05, 4.69) is 10.3 Å². The van der Waals surface area contributed by atoms with Gasteiger partial charge in [0.05, 0.1) is 0 Å². The third-order valence-corrected chi connectivity index (χ3v) is 1.26. The lowest BCUT2D eigenvalue weighted by atomic mass is 10.3. The monoisotopic (exact) mass is 126 g/mol. The zero-order valence-electron chi connectivity index (χ0n) is 5.48. The van der Waals surface area contributed by atoms with Gasteiger partial charge in [0.25, 0.3) is 0 Å². The maximum Gasteiger partial charge on any atom is 0.249 e. The van der Waals surface area contributed by atoms with Crippen LogP contribution >= 0.6 is 0 Å². The van der Waals surface area contributed by atoms with E-state index in [0.29, 0.717) is 6.42 Å². The van der Waals surface area contributed by atoms with Gasteiger partial charge < -0.3 is 5.32 Å². The molecular formula is C6H10N2O. The summed E-state index contributed by atoms with van der Waals surface area (Å²) in [5, 5.41) is 3.03. The summed E-state index contributed by atoms with van der Waals surface area (Å²) in [5.41, 5.74) is 0. The fourth-order valence-electron chi connectivity index (χ4n) is 0.764. The molecule has 1 aliphatic rings. The number of hydrogen-bond donors (Lipinski definition) is 1. The topological polar surface area (TPSA) is 41.5 Å². The molecule has 0 atom stereocenters. The molecule has 0 aromatic carbocycles. The molecule has 0 bridgehead atoms. The summed E-state index contributed by atoms with van der Waals surface area (Å²) in [6.07, 6.45) is 1.37. The van der Waals surface area contributed by atoms with Gasteiger partial charge in [-0.25, -0.2) is 4.99 Å². The molecule has 0 fully saturated rings. The molecule has 0 aromatic heterocycles. The Morgan fingerprint density at radius 2 is 2.56 bits per heavy atom. The quantitative estimate of drug-likeness (QED) is 0.549. The van der Waals surface area contributed by atoms with E-state index >= 15 is 0 Å². The molecule has 1 N–H and O–H groups in total. The molecule has 0 spiro atoms. The average molecular weight is 126 g/mol. The van der Waals surface area contributed by atoms with E-state index in [-0.39, 0.29) is 5.91 Å². The zero-order valence-corrected chi connectivity index (χ0v) is 5.48. The minimum Gasteiger partial charge on any atom is -0.373 e. The largest absolute Gasteiger partial charge is 0.373 e. The summed E-state index contributed by atoms with van der Waals surface area (Å²) in [7, 11) is 0. The summed E-state index contributed by atoms with van der Waals surface area (Å²) in [5.74, 6) is 0.830. The Labute approximate surface area is 54.2 Å². The van der Waals surface area contributed by atoms with Crippen molar-refractivity contribution in [2.75, 3.05) is 6.54 Å². The molecule has 50 valence electrons. The van der Waals surface area contributed by atoms with Gasteiger partial charge in [-0.15, -0.1) is 0 Å². The van der Waals surface area contributed by atoms with Crippen LogP contribution in [0.2, 0.25) is 0 Å². The first-order valence-corrected chi connectivity index (χ1v) is 3.17. The van der Waals surface area contributed by atoms with Crippen LogP contribution in [-0.4, -0.2) is 18.3 Å². The van der Waals surface area contributed by atoms with Crippen LogP contribution in [-0.2, 0) is 4.79 Å². The van der Waals surface area contributed by atoms with E-state index in [1.54, 1.807) is 0 Å². The summed E-state index contributed by atoms with van der Waals surface area (Å²) in [6, 6.07) is 0. The molecule has 0 unspecified atom stereocenters. The second-order valence-electron chi connectivity index (χ2n) is 1.98. The lowest BCUT2D eigenvalue weighted by molar-refractivity contribution is -0.117. The van der Waals surface area contributed by atoms with E-state index < -0.39 is 0 Å². The lowest BCUT2D eigenvalue weighted by Gasteiger charge is -2.10. The van der Waals surface area contributed by atoms with Crippen LogP contribution in [0.4, 0.5) is 0 Å². The number of carbonyl (C=O) groups is 1. The van der Waals surface area contributed by atoms with Crippen molar-refractivity contribution in [3.05, 3.63) is 0 Å². The second kappa shape index (κ2) is 2.62. The molecule has 1 amide bonds. The SMILES string of the molecule is CCC1=NC(=O)CCN1. The number of carbonyl (C=O) groups excluding carboxylic acids is 1. The smallest absolute Gasteiger partial charge is 0.249 e. The van der Waals surface area contributed by atoms with Crippen LogP contribution in [0, 0.1) is 0 Å². The molecule has 0 aromatic rings. The van der Waals surface area contributed by atoms with Gasteiger partial charge in [-0.3, -0.25) is 4.79 Å². The Balaban J connectivity index is 2.59. The average Bonchev–Trinajstić information content (AvgIpc) is 1.88. The highest BCUT2D eigenvalue weighted by molar-refractivity contribution is 5.96. The van der Waals surface area contributed by atoms with Gasteiger partial charge in [0.1, 0.15) is 5.84 Å². The number of amides is 1. The first-order valence-electron chi connectivity index (χ1n) is 3.17. The molecule has 1 heterocycles. The van der Waals surface area contributed by atoms with Crippen LogP contribution in [0.25, 0.3) is 0 Å². The van der Waals surface area contributed by atoms with Gasteiger partial charge in [0.2, 0.25) is 5.91 Å². The molecule has 9 heavy (non-hydrogen) atoms. The summed E-state index contributed by atoms with van der Waals surface area (Å²) in [6.45, 7) is 2.73. The maximum atomic E-state index is 10.6. The number of rotatable bonds is 1. The third-order valence-electron chi connectivity index (χ3n) is 1.26. The number of aliphatic imine (C=N–C) groups is 1. The minimum absolute atomic E-state index is 0.00519. The fourth-order valence-corrected chi connectivity index (χ4v) is 0.764. The summed E-state index contributed by atoms with van der Waals surface area (Å²) >= 11 is 0. The standard InChI is InChI=1S/C6H10N2O/c1-2-5-7-4-3-6(9)8-5/h2-4H2,1H3,(H,7,8,9). The number of hydrogen-bond acceptors (Lipinski definition) is 2. The highest BCUT2D eigenvalue weighted by atomic mass is 16.1. The first-order chi connectivity index (χ1) is 4.33. The van der Waals surface area contributed by atoms with Crippen LogP contribution < -0.4 is 5.32 Å². The zero-order chi connectivity index (χ0) is 6.69. The Bertz CT molecular complexity index is 151. The second-order valence-corrected chi connectivity index (χ2v) is 1.98. The predicted molar refractivity (Wildman–Crippen MR) is 35.4 cm³/mol. The van der Waals surface area contributed by atoms with Crippen molar-refractivity contribution in [1.82, 2.24) is 5.32 Å². The molecule has 0 saturated heterocycles. The Morgan fingerprint density at radius 1 is 1.78 bits per heavy atom. The van der Waals surface area contributed by atoms with Crippen LogP contribution in [0.15, 0.2) is 4.99 Å². The molecule has 3 heteroatoms. The number of amidine groups is 1. The predicted octanol–water partition coefficient (Wildman–Crippen LogP) is 0.315. The van der Waals surface area contributed by atoms with E-state index in [9.17, 15) is 4.79 Å². The summed E-state index contributed by atoms with van der Waals surface area (Å²) in [4.78, 5) is 14.4. The highest BCUT2D eigenvalue weighted by Gasteiger charge is 2.07. The first kappa shape index (κ1) is 6.26. The normalized spacial score (nSPS) is 18.8. The highest BCUT2D eigenvalue weighted by Crippen LogP contribution is 1.93. The molecule has 1 aliphatic heterocycles. The minimum atomic E-state index is 0.00519. The van der Waals surface area contributed by atoms with Crippen molar-refractivity contribution in [1.29, 1.82) is 0 Å². The molecule has 3 nitrogen and oxygen atoms in total. The van der Waals surface area contributed by atoms with Gasteiger partial charge in [0, 0.05) is 19.4 Å².